The summed E-state index contributed by atoms with van der Waals surface area (Å²) in [4.78, 5) is 11.4. The molecular formula is C13H16N2O3. The van der Waals surface area contributed by atoms with Gasteiger partial charge in [-0.3, -0.25) is 10.1 Å². The summed E-state index contributed by atoms with van der Waals surface area (Å²) in [5.41, 5.74) is 1.10. The molecule has 1 aromatic rings. The van der Waals surface area contributed by atoms with Gasteiger partial charge >= 0.3 is 0 Å². The van der Waals surface area contributed by atoms with E-state index in [2.05, 4.69) is 10.6 Å². The van der Waals surface area contributed by atoms with Crippen LogP contribution < -0.4 is 20.1 Å². The Morgan fingerprint density at radius 1 is 1.22 bits per heavy atom. The van der Waals surface area contributed by atoms with Crippen LogP contribution in [0.3, 0.4) is 0 Å². The van der Waals surface area contributed by atoms with E-state index < -0.39 is 0 Å². The smallest absolute Gasteiger partial charge is 0.236 e. The summed E-state index contributed by atoms with van der Waals surface area (Å²) in [7, 11) is 0. The lowest BCUT2D eigenvalue weighted by molar-refractivity contribution is -0.124. The molecule has 0 saturated carbocycles. The summed E-state index contributed by atoms with van der Waals surface area (Å²) in [6.07, 6.45) is 0. The van der Waals surface area contributed by atoms with Gasteiger partial charge in [-0.05, 0) is 24.6 Å². The molecule has 0 radical (unpaired) electrons. The average molecular weight is 248 g/mol. The highest BCUT2D eigenvalue weighted by molar-refractivity contribution is 5.82. The van der Waals surface area contributed by atoms with Gasteiger partial charge in [-0.1, -0.05) is 6.07 Å². The first kappa shape index (κ1) is 11.3. The van der Waals surface area contributed by atoms with E-state index in [4.69, 9.17) is 9.47 Å². The molecule has 0 aliphatic carbocycles. The van der Waals surface area contributed by atoms with Crippen LogP contribution in [0.5, 0.6) is 11.5 Å². The first-order valence-corrected chi connectivity index (χ1v) is 6.17. The Kier molecular flexibility index (Phi) is 2.83. The minimum absolute atomic E-state index is 0.0452. The van der Waals surface area contributed by atoms with Crippen molar-refractivity contribution >= 4 is 5.91 Å². The molecule has 2 atom stereocenters. The standard InChI is InChI=1S/C13H16N2O3/c1-8-13(16)14-7-10(15-8)9-2-3-11-12(6-9)18-5-4-17-11/h2-3,6,8,10,15H,4-5,7H2,1H3,(H,14,16)/t8-,10?/m0/s1. The zero-order valence-electron chi connectivity index (χ0n) is 10.2. The van der Waals surface area contributed by atoms with Crippen LogP contribution >= 0.6 is 0 Å². The number of fused-ring (bicyclic) bond motifs is 1. The van der Waals surface area contributed by atoms with Crippen molar-refractivity contribution in [2.24, 2.45) is 0 Å². The molecule has 2 N–H and O–H groups in total. The minimum atomic E-state index is -0.169. The Morgan fingerprint density at radius 3 is 2.78 bits per heavy atom. The summed E-state index contributed by atoms with van der Waals surface area (Å²) in [6.45, 7) is 3.64. The molecule has 18 heavy (non-hydrogen) atoms. The lowest BCUT2D eigenvalue weighted by Crippen LogP contribution is -2.52. The number of nitrogens with one attached hydrogen (secondary N) is 2. The number of ether oxygens (including phenoxy) is 2. The van der Waals surface area contributed by atoms with Crippen LogP contribution in [0, 0.1) is 0 Å². The molecule has 1 aromatic carbocycles. The molecule has 2 aliphatic heterocycles. The van der Waals surface area contributed by atoms with E-state index in [0.29, 0.717) is 19.8 Å². The second-order valence-electron chi connectivity index (χ2n) is 4.59. The highest BCUT2D eigenvalue weighted by atomic mass is 16.6. The Morgan fingerprint density at radius 2 is 2.00 bits per heavy atom. The van der Waals surface area contributed by atoms with Crippen molar-refractivity contribution in [2.75, 3.05) is 19.8 Å². The highest BCUT2D eigenvalue weighted by Crippen LogP contribution is 2.32. The van der Waals surface area contributed by atoms with Crippen molar-refractivity contribution in [1.82, 2.24) is 10.6 Å². The predicted molar refractivity (Wildman–Crippen MR) is 65.8 cm³/mol. The third-order valence-electron chi connectivity index (χ3n) is 3.29. The molecule has 1 fully saturated rings. The monoisotopic (exact) mass is 248 g/mol. The second-order valence-corrected chi connectivity index (χ2v) is 4.59. The maximum Gasteiger partial charge on any atom is 0.236 e. The van der Waals surface area contributed by atoms with Gasteiger partial charge in [0.05, 0.1) is 12.1 Å². The van der Waals surface area contributed by atoms with Crippen molar-refractivity contribution in [3.8, 4) is 11.5 Å². The zero-order chi connectivity index (χ0) is 12.5. The largest absolute Gasteiger partial charge is 0.486 e. The van der Waals surface area contributed by atoms with Crippen LogP contribution in [0.15, 0.2) is 18.2 Å². The van der Waals surface area contributed by atoms with E-state index in [1.165, 1.54) is 0 Å². The quantitative estimate of drug-likeness (QED) is 0.764. The maximum atomic E-state index is 11.4. The van der Waals surface area contributed by atoms with Gasteiger partial charge in [0, 0.05) is 6.54 Å². The van der Waals surface area contributed by atoms with Crippen LogP contribution in [0.25, 0.3) is 0 Å². The van der Waals surface area contributed by atoms with Crippen LogP contribution in [-0.4, -0.2) is 31.7 Å². The molecule has 0 spiro atoms. The molecular weight excluding hydrogens is 232 g/mol. The molecule has 0 bridgehead atoms. The maximum absolute atomic E-state index is 11.4. The predicted octanol–water partition coefficient (Wildman–Crippen LogP) is 0.607. The summed E-state index contributed by atoms with van der Waals surface area (Å²) in [5.74, 6) is 1.62. The lowest BCUT2D eigenvalue weighted by atomic mass is 10.0. The van der Waals surface area contributed by atoms with E-state index in [9.17, 15) is 4.79 Å². The fourth-order valence-electron chi connectivity index (χ4n) is 2.28. The molecule has 2 aliphatic rings. The number of rotatable bonds is 1. The Labute approximate surface area is 105 Å². The topological polar surface area (TPSA) is 59.6 Å². The van der Waals surface area contributed by atoms with Gasteiger partial charge in [0.15, 0.2) is 11.5 Å². The van der Waals surface area contributed by atoms with Gasteiger partial charge in [0.2, 0.25) is 5.91 Å². The molecule has 1 unspecified atom stereocenters. The van der Waals surface area contributed by atoms with Gasteiger partial charge in [0.1, 0.15) is 13.2 Å². The van der Waals surface area contributed by atoms with E-state index in [1.807, 2.05) is 25.1 Å². The van der Waals surface area contributed by atoms with Crippen LogP contribution in [0.2, 0.25) is 0 Å². The number of benzene rings is 1. The van der Waals surface area contributed by atoms with Crippen LogP contribution in [-0.2, 0) is 4.79 Å². The highest BCUT2D eigenvalue weighted by Gasteiger charge is 2.26. The second kappa shape index (κ2) is 4.49. The van der Waals surface area contributed by atoms with Gasteiger partial charge in [-0.15, -0.1) is 0 Å². The number of piperazine rings is 1. The summed E-state index contributed by atoms with van der Waals surface area (Å²) < 4.78 is 11.1. The van der Waals surface area contributed by atoms with Crippen molar-refractivity contribution in [3.05, 3.63) is 23.8 Å². The number of hydrogen-bond donors (Lipinski definition) is 2. The number of carbonyl (C=O) groups excluding carboxylic acids is 1. The normalized spacial score (nSPS) is 26.6. The van der Waals surface area contributed by atoms with Crippen molar-refractivity contribution in [2.45, 2.75) is 19.0 Å². The first-order chi connectivity index (χ1) is 8.74. The SMILES string of the molecule is C[C@@H]1NC(c2ccc3c(c2)OCCO3)CNC1=O. The Hall–Kier alpha value is -1.75. The molecule has 5 nitrogen and oxygen atoms in total. The lowest BCUT2D eigenvalue weighted by Gasteiger charge is -2.30. The molecule has 5 heteroatoms. The summed E-state index contributed by atoms with van der Waals surface area (Å²) in [5, 5.41) is 6.17. The van der Waals surface area contributed by atoms with Gasteiger partial charge in [0.25, 0.3) is 0 Å². The molecule has 1 amide bonds. The molecule has 3 rings (SSSR count). The number of carbonyl (C=O) groups is 1. The van der Waals surface area contributed by atoms with Crippen LogP contribution in [0.1, 0.15) is 18.5 Å². The van der Waals surface area contributed by atoms with E-state index in [1.54, 1.807) is 0 Å². The van der Waals surface area contributed by atoms with Gasteiger partial charge in [-0.25, -0.2) is 0 Å². The summed E-state index contributed by atoms with van der Waals surface area (Å²) in [6, 6.07) is 5.86. The van der Waals surface area contributed by atoms with Gasteiger partial charge < -0.3 is 14.8 Å². The number of hydrogen-bond acceptors (Lipinski definition) is 4. The molecule has 0 aromatic heterocycles. The fraction of sp³-hybridized carbons (Fsp3) is 0.462. The number of amides is 1. The third kappa shape index (κ3) is 2.01. The van der Waals surface area contributed by atoms with Crippen molar-refractivity contribution in [1.29, 1.82) is 0 Å². The molecule has 1 saturated heterocycles. The Balaban J connectivity index is 1.82. The van der Waals surface area contributed by atoms with Crippen molar-refractivity contribution < 1.29 is 14.3 Å². The van der Waals surface area contributed by atoms with E-state index >= 15 is 0 Å². The fourth-order valence-corrected chi connectivity index (χ4v) is 2.28. The van der Waals surface area contributed by atoms with Crippen LogP contribution in [0.4, 0.5) is 0 Å². The Bertz CT molecular complexity index is 475. The molecule has 96 valence electrons. The third-order valence-corrected chi connectivity index (χ3v) is 3.29. The van der Waals surface area contributed by atoms with Crippen molar-refractivity contribution in [3.63, 3.8) is 0 Å². The average Bonchev–Trinajstić information content (AvgIpc) is 2.41. The summed E-state index contributed by atoms with van der Waals surface area (Å²) >= 11 is 0. The first-order valence-electron chi connectivity index (χ1n) is 6.17. The van der Waals surface area contributed by atoms with E-state index in [0.717, 1.165) is 17.1 Å². The minimum Gasteiger partial charge on any atom is -0.486 e. The van der Waals surface area contributed by atoms with E-state index in [-0.39, 0.29) is 18.0 Å². The molecule has 2 heterocycles. The zero-order valence-corrected chi connectivity index (χ0v) is 10.2. The van der Waals surface area contributed by atoms with Gasteiger partial charge in [-0.2, -0.15) is 0 Å².